The van der Waals surface area contributed by atoms with E-state index in [-0.39, 0.29) is 37.0 Å². The molecule has 1 saturated heterocycles. The number of anilines is 2. The summed E-state index contributed by atoms with van der Waals surface area (Å²) in [6, 6.07) is 5.04. The number of carbonyl (C=O) groups is 2. The third-order valence-corrected chi connectivity index (χ3v) is 7.72. The normalized spacial score (nSPS) is 26.1. The molecule has 1 spiro atoms. The summed E-state index contributed by atoms with van der Waals surface area (Å²) in [7, 11) is 3.12. The first-order valence-corrected chi connectivity index (χ1v) is 13.2. The predicted octanol–water partition coefficient (Wildman–Crippen LogP) is 3.85. The first-order valence-electron chi connectivity index (χ1n) is 13.2. The number of aromatic nitrogens is 2. The largest absolute Gasteiger partial charge is 0.497 e. The van der Waals surface area contributed by atoms with Crippen LogP contribution in [0.5, 0.6) is 11.5 Å². The summed E-state index contributed by atoms with van der Waals surface area (Å²) in [5, 5.41) is 0. The van der Waals surface area contributed by atoms with Crippen LogP contribution in [0.2, 0.25) is 0 Å². The van der Waals surface area contributed by atoms with Crippen LogP contribution in [-0.2, 0) is 21.5 Å². The lowest BCUT2D eigenvalue weighted by atomic mass is 9.97. The molecule has 2 fully saturated rings. The molecule has 10 nitrogen and oxygen atoms in total. The van der Waals surface area contributed by atoms with Gasteiger partial charge in [0.15, 0.2) is 0 Å². The van der Waals surface area contributed by atoms with Gasteiger partial charge in [0.25, 0.3) is 0 Å². The second kappa shape index (κ2) is 9.53. The van der Waals surface area contributed by atoms with Gasteiger partial charge in [0.2, 0.25) is 5.91 Å². The number of hydrogen-bond acceptors (Lipinski definition) is 8. The summed E-state index contributed by atoms with van der Waals surface area (Å²) >= 11 is 0. The number of halogens is 1. The van der Waals surface area contributed by atoms with E-state index < -0.39 is 17.2 Å². The highest BCUT2D eigenvalue weighted by atomic mass is 19.1. The third-order valence-electron chi connectivity index (χ3n) is 7.72. The fourth-order valence-electron chi connectivity index (χ4n) is 5.63. The van der Waals surface area contributed by atoms with Crippen LogP contribution >= 0.6 is 0 Å². The molecule has 5 rings (SSSR count). The Morgan fingerprint density at radius 2 is 1.79 bits per heavy atom. The lowest BCUT2D eigenvalue weighted by Crippen LogP contribution is -2.59. The number of carbonyl (C=O) groups excluding carboxylic acids is 2. The molecule has 39 heavy (non-hydrogen) atoms. The number of nitrogens with zero attached hydrogens (tertiary/aromatic N) is 5. The van der Waals surface area contributed by atoms with Crippen molar-refractivity contribution < 1.29 is 28.2 Å². The Labute approximate surface area is 228 Å². The van der Waals surface area contributed by atoms with Crippen LogP contribution in [0.25, 0.3) is 0 Å². The molecule has 2 aromatic rings. The van der Waals surface area contributed by atoms with Gasteiger partial charge in [0.05, 0.1) is 26.3 Å². The smallest absolute Gasteiger partial charge is 0.410 e. The molecular formula is C28H36FN5O5. The minimum atomic E-state index is -1.31. The Bertz CT molecular complexity index is 1300. The molecule has 1 aromatic heterocycles. The average Bonchev–Trinajstić information content (AvgIpc) is 3.51. The number of amides is 2. The first kappa shape index (κ1) is 27.0. The number of methoxy groups -OCH3 is 2. The van der Waals surface area contributed by atoms with E-state index in [2.05, 4.69) is 14.9 Å². The number of hydrogen-bond donors (Lipinski definition) is 0. The number of piperazine rings is 1. The van der Waals surface area contributed by atoms with Gasteiger partial charge in [-0.25, -0.2) is 19.2 Å². The number of alkyl halides is 1. The molecule has 210 valence electrons. The van der Waals surface area contributed by atoms with Crippen LogP contribution in [0.15, 0.2) is 24.5 Å². The average molecular weight is 542 g/mol. The van der Waals surface area contributed by atoms with E-state index in [0.717, 1.165) is 5.56 Å². The summed E-state index contributed by atoms with van der Waals surface area (Å²) in [5.41, 5.74) is -0.620. The molecule has 3 aliphatic rings. The van der Waals surface area contributed by atoms with Gasteiger partial charge in [0.1, 0.15) is 46.6 Å². The fraction of sp³-hybridized carbons (Fsp3) is 0.571. The Morgan fingerprint density at radius 3 is 2.41 bits per heavy atom. The Hall–Kier alpha value is -3.63. The summed E-state index contributed by atoms with van der Waals surface area (Å²) in [5.74, 6) is 1.83. The van der Waals surface area contributed by atoms with E-state index in [1.807, 2.05) is 40.7 Å². The van der Waals surface area contributed by atoms with Gasteiger partial charge in [0, 0.05) is 43.2 Å². The maximum Gasteiger partial charge on any atom is 0.410 e. The molecule has 2 amide bonds. The molecule has 4 atom stereocenters. The van der Waals surface area contributed by atoms with Gasteiger partial charge >= 0.3 is 6.09 Å². The molecule has 3 heterocycles. The van der Waals surface area contributed by atoms with Crippen LogP contribution < -0.4 is 19.3 Å². The van der Waals surface area contributed by atoms with Crippen molar-refractivity contribution >= 4 is 23.6 Å². The Balaban J connectivity index is 1.48. The quantitative estimate of drug-likeness (QED) is 0.563. The monoisotopic (exact) mass is 541 g/mol. The molecular weight excluding hydrogens is 505 g/mol. The van der Waals surface area contributed by atoms with Crippen LogP contribution in [0.1, 0.15) is 52.2 Å². The zero-order valence-electron chi connectivity index (χ0n) is 23.5. The Morgan fingerprint density at radius 1 is 1.10 bits per heavy atom. The summed E-state index contributed by atoms with van der Waals surface area (Å²) in [6.07, 6.45) is -0.165. The van der Waals surface area contributed by atoms with Crippen molar-refractivity contribution in [2.75, 3.05) is 37.1 Å². The SMILES string of the molecule is COc1ccc(CN2C(=O)C3(CC3F)c3c2ncnc3N2C[C@@H](C)N(C(=O)OC(C)(C)C)C[C@@H]2C)c(OC)c1. The highest BCUT2D eigenvalue weighted by molar-refractivity contribution is 6.11. The van der Waals surface area contributed by atoms with Crippen LogP contribution in [-0.4, -0.2) is 78.0 Å². The first-order chi connectivity index (χ1) is 18.4. The molecule has 0 N–H and O–H groups in total. The van der Waals surface area contributed by atoms with Crippen molar-refractivity contribution in [1.29, 1.82) is 0 Å². The van der Waals surface area contributed by atoms with E-state index in [1.165, 1.54) is 11.2 Å². The van der Waals surface area contributed by atoms with E-state index in [0.29, 0.717) is 41.8 Å². The van der Waals surface area contributed by atoms with Gasteiger partial charge in [-0.1, -0.05) is 0 Å². The molecule has 1 saturated carbocycles. The van der Waals surface area contributed by atoms with Crippen molar-refractivity contribution in [1.82, 2.24) is 14.9 Å². The van der Waals surface area contributed by atoms with Crippen molar-refractivity contribution in [3.05, 3.63) is 35.7 Å². The van der Waals surface area contributed by atoms with E-state index in [9.17, 15) is 9.59 Å². The number of benzene rings is 1. The molecule has 2 unspecified atom stereocenters. The number of rotatable bonds is 5. The third kappa shape index (κ3) is 4.51. The molecule has 0 radical (unpaired) electrons. The van der Waals surface area contributed by atoms with Crippen LogP contribution in [0, 0.1) is 0 Å². The topological polar surface area (TPSA) is 97.3 Å². The summed E-state index contributed by atoms with van der Waals surface area (Å²) in [6.45, 7) is 10.5. The second-order valence-corrected chi connectivity index (χ2v) is 11.6. The summed E-state index contributed by atoms with van der Waals surface area (Å²) in [4.78, 5) is 41.0. The maximum absolute atomic E-state index is 15.2. The van der Waals surface area contributed by atoms with E-state index in [4.69, 9.17) is 14.2 Å². The maximum atomic E-state index is 15.2. The van der Waals surface area contributed by atoms with Crippen LogP contribution in [0.4, 0.5) is 20.8 Å². The van der Waals surface area contributed by atoms with Crippen molar-refractivity contribution in [2.45, 2.75) is 76.9 Å². The molecule has 11 heteroatoms. The summed E-state index contributed by atoms with van der Waals surface area (Å²) < 4.78 is 31.6. The van der Waals surface area contributed by atoms with Gasteiger partial charge in [-0.3, -0.25) is 9.69 Å². The van der Waals surface area contributed by atoms with Gasteiger partial charge in [-0.2, -0.15) is 0 Å². The zero-order chi connectivity index (χ0) is 28.3. The minimum absolute atomic E-state index is 0.0945. The highest BCUT2D eigenvalue weighted by Gasteiger charge is 2.70. The molecule has 2 aliphatic heterocycles. The van der Waals surface area contributed by atoms with Crippen LogP contribution in [0.3, 0.4) is 0 Å². The number of fused-ring (bicyclic) bond motifs is 2. The molecule has 1 aliphatic carbocycles. The lowest BCUT2D eigenvalue weighted by Gasteiger charge is -2.45. The van der Waals surface area contributed by atoms with Crippen molar-refractivity contribution in [3.63, 3.8) is 0 Å². The minimum Gasteiger partial charge on any atom is -0.497 e. The molecule has 0 bridgehead atoms. The lowest BCUT2D eigenvalue weighted by molar-refractivity contribution is -0.120. The van der Waals surface area contributed by atoms with Gasteiger partial charge in [-0.15, -0.1) is 0 Å². The highest BCUT2D eigenvalue weighted by Crippen LogP contribution is 2.61. The van der Waals surface area contributed by atoms with Crippen molar-refractivity contribution in [3.8, 4) is 11.5 Å². The Kier molecular flexibility index (Phi) is 6.59. The predicted molar refractivity (Wildman–Crippen MR) is 143 cm³/mol. The second-order valence-electron chi connectivity index (χ2n) is 11.6. The van der Waals surface area contributed by atoms with Gasteiger partial charge < -0.3 is 24.0 Å². The van der Waals surface area contributed by atoms with Crippen molar-refractivity contribution in [2.24, 2.45) is 0 Å². The zero-order valence-corrected chi connectivity index (χ0v) is 23.5. The van der Waals surface area contributed by atoms with Gasteiger partial charge in [-0.05, 0) is 46.8 Å². The van der Waals surface area contributed by atoms with E-state index >= 15 is 4.39 Å². The standard InChI is InChI=1S/C28H36FN5O5/c1-16-13-33(26(36)39-27(3,4)5)17(2)12-32(16)23-22-24(31-15-30-23)34(25(35)28(22)11-21(28)29)14-18-8-9-19(37-6)10-20(18)38-7/h8-10,15-17,21H,11-14H2,1-7H3/t16-,17+,21?,28?/m0/s1. The molecule has 1 aromatic carbocycles. The fourth-order valence-corrected chi connectivity index (χ4v) is 5.63. The van der Waals surface area contributed by atoms with E-state index in [1.54, 1.807) is 31.3 Å². The number of ether oxygens (including phenoxy) is 3.